The lowest BCUT2D eigenvalue weighted by Gasteiger charge is -2.14. The Kier molecular flexibility index (Phi) is 32.5. The molecule has 0 radical (unpaired) electrons. The number of hydrogen-bond donors (Lipinski definition) is 7. The number of nitrogens with one attached hydrogen (secondary N) is 5. The van der Waals surface area contributed by atoms with Crippen molar-refractivity contribution >= 4 is 105 Å². The van der Waals surface area contributed by atoms with E-state index < -0.39 is 99.8 Å². The molecule has 0 spiro atoms. The molecule has 7 N–H and O–H groups in total. The van der Waals surface area contributed by atoms with E-state index in [1.165, 1.54) is 64.5 Å². The molecule has 0 bridgehead atoms. The van der Waals surface area contributed by atoms with Crippen LogP contribution in [0.4, 0.5) is 41.5 Å². The Balaban J connectivity index is 0.000000603. The second-order valence-electron chi connectivity index (χ2n) is 16.9. The van der Waals surface area contributed by atoms with Crippen molar-refractivity contribution in [2.45, 2.75) is 44.9 Å². The van der Waals surface area contributed by atoms with Gasteiger partial charge in [-0.05, 0) is 86.6 Å². The molecular formula is C47H61Cl2F3N13O18PS2. The number of carboxylic acids is 1. The molecule has 0 saturated carbocycles. The van der Waals surface area contributed by atoms with Crippen LogP contribution in [0.15, 0.2) is 65.8 Å². The number of nitrogens with zero attached hydrogens (tertiary/aromatic N) is 8. The number of carbonyl (C=O) groups is 5. The summed E-state index contributed by atoms with van der Waals surface area (Å²) in [4.78, 5) is 110. The summed E-state index contributed by atoms with van der Waals surface area (Å²) >= 11 is 11.5. The fourth-order valence-corrected chi connectivity index (χ4v) is 7.19. The molecule has 1 unspecified atom stereocenters. The number of urea groups is 1. The Labute approximate surface area is 503 Å². The number of nitro groups is 1. The standard InChI is InChI=1S/C18H13ClF3NO7.C15H18N6O6S.C8H14ClN5.C3H8NO5P.C3H9S/c1-2-28-16(24)9-29-17(25)12-8-11(4-5-14(12)23(26)27)30-15-6-3-10(7-13(15)19)18(20,21)22;1-21(2)13(22)9-6-5-7-16-12(9)28(24,25)20-15(23)19-14-17-10(26-3)8-11(18-14)27-4;1-4-10-7-12-6(9)13-8(14-7)11-5(2)3;5-3(6)1-4-2-10(7,8)9;1-4(2)3/h3-8H,2,9H2,1H3;5-8H,1-4H3,(H2,17,18,19,20,23);5H,4H2,1-3H3,(H2,10,11,12,13,14);4H,1-2H2,(H,5,6)(H2,7,8,9);1-3H3/q;;;;+1/p-1. The zero-order chi connectivity index (χ0) is 65.7. The highest BCUT2D eigenvalue weighted by atomic mass is 35.5. The number of methoxy groups -OCH3 is 2. The highest BCUT2D eigenvalue weighted by Crippen LogP contribution is 2.37. The van der Waals surface area contributed by atoms with E-state index in [4.69, 9.17) is 52.1 Å². The van der Waals surface area contributed by atoms with Crippen LogP contribution in [-0.4, -0.2) is 174 Å². The zero-order valence-corrected chi connectivity index (χ0v) is 51.6. The van der Waals surface area contributed by atoms with Gasteiger partial charge < -0.3 is 58.7 Å². The van der Waals surface area contributed by atoms with Gasteiger partial charge in [0.05, 0.1) is 79.6 Å². The lowest BCUT2D eigenvalue weighted by molar-refractivity contribution is -0.385. The molecule has 0 aliphatic heterocycles. The maximum absolute atomic E-state index is 12.7. The van der Waals surface area contributed by atoms with Crippen molar-refractivity contribution in [3.63, 3.8) is 0 Å². The van der Waals surface area contributed by atoms with Crippen LogP contribution in [0.5, 0.6) is 23.3 Å². The number of nitro benzene ring substituents is 1. The SMILES string of the molecule is CCNc1nc(Cl)nc(NC(C)C)n1.CCOC(=O)COC(=O)c1cc(Oc2ccc(C(F)(F)F)cc2Cl)ccc1[N+](=O)[O-].COc1cc(OC)nc(NC(=O)NS(=O)(=O)c2ncccc2C(=O)N(C)C)n1.C[S+](C)C.O=C(O)CNCP(=O)([O-])O. The number of carbonyl (C=O) groups excluding carboxylic acids is 4. The molecule has 86 heavy (non-hydrogen) atoms. The van der Waals surface area contributed by atoms with Gasteiger partial charge in [0, 0.05) is 45.0 Å². The third-order valence-electron chi connectivity index (χ3n) is 8.66. The first-order valence-corrected chi connectivity index (χ1v) is 30.4. The van der Waals surface area contributed by atoms with Gasteiger partial charge in [-0.2, -0.15) is 46.5 Å². The largest absolute Gasteiger partial charge is 0.778 e. The Bertz CT molecular complexity index is 3240. The number of hydrogen-bond acceptors (Lipinski definition) is 25. The first-order chi connectivity index (χ1) is 40.0. The molecule has 474 valence electrons. The molecule has 0 aliphatic rings. The van der Waals surface area contributed by atoms with Crippen LogP contribution in [0, 0.1) is 10.1 Å². The number of halogens is 5. The Morgan fingerprint density at radius 2 is 1.49 bits per heavy atom. The van der Waals surface area contributed by atoms with E-state index in [-0.39, 0.29) is 57.7 Å². The molecule has 2 aromatic carbocycles. The van der Waals surface area contributed by atoms with E-state index in [2.05, 4.69) is 69.4 Å². The zero-order valence-electron chi connectivity index (χ0n) is 47.5. The summed E-state index contributed by atoms with van der Waals surface area (Å²) < 4.78 is 99.4. The molecule has 3 heterocycles. The molecule has 0 aliphatic carbocycles. The monoisotopic (exact) mass is 1320 g/mol. The van der Waals surface area contributed by atoms with E-state index in [1.54, 1.807) is 4.72 Å². The minimum absolute atomic E-state index is 0.0493. The summed E-state index contributed by atoms with van der Waals surface area (Å²) in [6.07, 6.45) is 2.46. The van der Waals surface area contributed by atoms with Crippen LogP contribution in [0.3, 0.4) is 0 Å². The number of anilines is 3. The number of amides is 3. The summed E-state index contributed by atoms with van der Waals surface area (Å²) in [5, 5.41) is 28.6. The van der Waals surface area contributed by atoms with Gasteiger partial charge in [-0.25, -0.2) is 24.1 Å². The number of alkyl halides is 3. The second-order valence-corrected chi connectivity index (χ2v) is 23.3. The maximum atomic E-state index is 12.7. The normalized spacial score (nSPS) is 11.3. The van der Waals surface area contributed by atoms with E-state index in [1.807, 2.05) is 26.1 Å². The van der Waals surface area contributed by atoms with Gasteiger partial charge in [0.2, 0.25) is 34.9 Å². The molecule has 39 heteroatoms. The summed E-state index contributed by atoms with van der Waals surface area (Å²) in [6.45, 7) is 7.07. The van der Waals surface area contributed by atoms with Gasteiger partial charge in [0.15, 0.2) is 11.6 Å². The molecule has 31 nitrogen and oxygen atoms in total. The van der Waals surface area contributed by atoms with Crippen LogP contribution in [-0.2, 0) is 50.7 Å². The highest BCUT2D eigenvalue weighted by molar-refractivity contribution is 7.94. The van der Waals surface area contributed by atoms with Crippen LogP contribution in [0.1, 0.15) is 54.0 Å². The lowest BCUT2D eigenvalue weighted by Crippen LogP contribution is -2.36. The second kappa shape index (κ2) is 36.8. The number of ether oxygens (including phenoxy) is 5. The lowest BCUT2D eigenvalue weighted by atomic mass is 10.1. The fraction of sp³-hybridized carbons (Fsp3) is 0.383. The minimum atomic E-state index is -4.61. The molecule has 0 fully saturated rings. The third kappa shape index (κ3) is 29.7. The van der Waals surface area contributed by atoms with Crippen molar-refractivity contribution in [1.29, 1.82) is 0 Å². The molecule has 5 rings (SSSR count). The first kappa shape index (κ1) is 76.0. The van der Waals surface area contributed by atoms with Gasteiger partial charge in [0.1, 0.15) is 24.7 Å². The summed E-state index contributed by atoms with van der Waals surface area (Å²) in [6, 6.07) is 8.52. The Morgan fingerprint density at radius 3 is 1.99 bits per heavy atom. The predicted octanol–water partition coefficient (Wildman–Crippen LogP) is 5.32. The average molecular weight is 1320 g/mol. The van der Waals surface area contributed by atoms with Gasteiger partial charge in [0.25, 0.3) is 21.6 Å². The first-order valence-electron chi connectivity index (χ1n) is 24.0. The highest BCUT2D eigenvalue weighted by Gasteiger charge is 2.32. The van der Waals surface area contributed by atoms with Crippen molar-refractivity contribution in [3.05, 3.63) is 97.9 Å². The van der Waals surface area contributed by atoms with Crippen molar-refractivity contribution < 1.29 is 93.6 Å². The molecule has 3 aromatic heterocycles. The van der Waals surface area contributed by atoms with Crippen LogP contribution in [0.2, 0.25) is 10.3 Å². The van der Waals surface area contributed by atoms with Gasteiger partial charge >= 0.3 is 30.1 Å². The molecule has 5 aromatic rings. The summed E-state index contributed by atoms with van der Waals surface area (Å²) in [7, 11) is -2.56. The van der Waals surface area contributed by atoms with Gasteiger partial charge in [-0.15, -0.1) is 0 Å². The van der Waals surface area contributed by atoms with Crippen molar-refractivity contribution in [1.82, 2.24) is 44.8 Å². The average Bonchev–Trinajstić information content (AvgIpc) is 3.32. The van der Waals surface area contributed by atoms with E-state index in [9.17, 15) is 65.1 Å². The topological polar surface area (TPSA) is 430 Å². The van der Waals surface area contributed by atoms with Crippen LogP contribution >= 0.6 is 30.8 Å². The fourth-order valence-electron chi connectivity index (χ4n) is 5.38. The molecule has 1 atom stereocenters. The van der Waals surface area contributed by atoms with Crippen molar-refractivity contribution in [2.24, 2.45) is 0 Å². The quantitative estimate of drug-likeness (QED) is 0.0161. The summed E-state index contributed by atoms with van der Waals surface area (Å²) in [5.41, 5.74) is -2.35. The molecule has 0 saturated heterocycles. The number of pyridine rings is 1. The molecular weight excluding hydrogens is 1260 g/mol. The van der Waals surface area contributed by atoms with E-state index in [0.717, 1.165) is 36.9 Å². The van der Waals surface area contributed by atoms with Crippen molar-refractivity contribution in [2.75, 3.05) is 95.6 Å². The molecule has 3 amide bonds. The number of aromatic nitrogens is 6. The number of aliphatic carboxylic acids is 1. The van der Waals surface area contributed by atoms with Gasteiger partial charge in [-0.3, -0.25) is 30.3 Å². The van der Waals surface area contributed by atoms with Crippen molar-refractivity contribution in [3.8, 4) is 23.3 Å². The number of carboxylic acid groups (broad SMARTS) is 1. The maximum Gasteiger partial charge on any atom is 0.416 e. The summed E-state index contributed by atoms with van der Waals surface area (Å²) in [5.74, 6) is -3.20. The van der Waals surface area contributed by atoms with Gasteiger partial charge in [-0.1, -0.05) is 11.6 Å². The number of esters is 2. The van der Waals surface area contributed by atoms with Crippen LogP contribution < -0.4 is 45.1 Å². The Morgan fingerprint density at radius 1 is 0.884 bits per heavy atom. The van der Waals surface area contributed by atoms with E-state index >= 15 is 0 Å². The number of sulfonamides is 1. The third-order valence-corrected chi connectivity index (χ3v) is 11.0. The Hall–Kier alpha value is -7.99. The predicted molar refractivity (Wildman–Crippen MR) is 306 cm³/mol. The smallest absolute Gasteiger partial charge is 0.416 e. The van der Waals surface area contributed by atoms with Crippen LogP contribution in [0.25, 0.3) is 0 Å². The number of rotatable bonds is 21. The van der Waals surface area contributed by atoms with E-state index in [0.29, 0.717) is 28.9 Å². The number of benzene rings is 2. The minimum Gasteiger partial charge on any atom is -0.778 e.